The smallest absolute Gasteiger partial charge is 0.350 e. The molecular weight excluding hydrogens is 216 g/mol. The maximum atomic E-state index is 11.7. The highest BCUT2D eigenvalue weighted by Crippen LogP contribution is 2.06. The van der Waals surface area contributed by atoms with E-state index in [1.165, 1.54) is 0 Å². The summed E-state index contributed by atoms with van der Waals surface area (Å²) in [6.45, 7) is 1.96. The fourth-order valence-electron chi connectivity index (χ4n) is 1.44. The van der Waals surface area contributed by atoms with Crippen LogP contribution < -0.4 is 11.4 Å². The molecule has 0 unspecified atom stereocenters. The van der Waals surface area contributed by atoms with E-state index in [1.54, 1.807) is 6.92 Å². The van der Waals surface area contributed by atoms with Gasteiger partial charge in [-0.05, 0) is 6.92 Å². The van der Waals surface area contributed by atoms with Crippen molar-refractivity contribution < 1.29 is 10.2 Å². The van der Waals surface area contributed by atoms with Crippen molar-refractivity contribution in [3.8, 4) is 11.8 Å². The van der Waals surface area contributed by atoms with E-state index in [9.17, 15) is 14.7 Å². The van der Waals surface area contributed by atoms with E-state index < -0.39 is 11.4 Å². The maximum absolute atomic E-state index is 11.7. The molecule has 0 atom stereocenters. The Labute approximate surface area is 88.6 Å². The van der Waals surface area contributed by atoms with Gasteiger partial charge in [-0.2, -0.15) is 9.35 Å². The first-order chi connectivity index (χ1) is 7.54. The van der Waals surface area contributed by atoms with Gasteiger partial charge in [-0.1, -0.05) is 0 Å². The standard InChI is InChI=1S/C8H10N4O4/c1-2-10-6(14)4-12(8(10)16)11-3-5(13)9-7(11)15/h3-4,13-14H,2H2,1H3,(H,9,15). The van der Waals surface area contributed by atoms with Crippen molar-refractivity contribution in [2.24, 2.45) is 0 Å². The van der Waals surface area contributed by atoms with E-state index in [-0.39, 0.29) is 18.3 Å². The lowest BCUT2D eigenvalue weighted by molar-refractivity contribution is 0.418. The monoisotopic (exact) mass is 226 g/mol. The third-order valence-electron chi connectivity index (χ3n) is 2.18. The predicted octanol–water partition coefficient (Wildman–Crippen LogP) is -1.12. The minimum absolute atomic E-state index is 0.250. The zero-order chi connectivity index (χ0) is 11.9. The molecule has 0 amide bonds. The molecule has 0 fully saturated rings. The first-order valence-electron chi connectivity index (χ1n) is 4.57. The van der Waals surface area contributed by atoms with Gasteiger partial charge in [0.2, 0.25) is 11.8 Å². The number of H-pyrrole nitrogens is 1. The quantitative estimate of drug-likeness (QED) is 0.603. The van der Waals surface area contributed by atoms with Crippen molar-refractivity contribution >= 4 is 0 Å². The van der Waals surface area contributed by atoms with Gasteiger partial charge in [0, 0.05) is 6.54 Å². The molecule has 8 nitrogen and oxygen atoms in total. The summed E-state index contributed by atoms with van der Waals surface area (Å²) in [5.74, 6) is -0.610. The molecule has 0 bridgehead atoms. The van der Waals surface area contributed by atoms with Crippen LogP contribution in [0.2, 0.25) is 0 Å². The van der Waals surface area contributed by atoms with Crippen molar-refractivity contribution in [1.29, 1.82) is 0 Å². The van der Waals surface area contributed by atoms with Gasteiger partial charge < -0.3 is 10.2 Å². The Morgan fingerprint density at radius 3 is 2.38 bits per heavy atom. The van der Waals surface area contributed by atoms with Gasteiger partial charge in [0.25, 0.3) is 0 Å². The van der Waals surface area contributed by atoms with Crippen molar-refractivity contribution in [2.45, 2.75) is 13.5 Å². The molecule has 0 aliphatic heterocycles. The van der Waals surface area contributed by atoms with E-state index in [2.05, 4.69) is 4.98 Å². The largest absolute Gasteiger partial charge is 0.493 e. The molecule has 16 heavy (non-hydrogen) atoms. The first-order valence-corrected chi connectivity index (χ1v) is 4.57. The Bertz CT molecular complexity index is 629. The molecule has 86 valence electrons. The Balaban J connectivity index is 2.71. The van der Waals surface area contributed by atoms with Crippen LogP contribution in [0.1, 0.15) is 6.92 Å². The number of aromatic nitrogens is 4. The van der Waals surface area contributed by atoms with E-state index >= 15 is 0 Å². The number of aromatic amines is 1. The molecule has 2 aromatic rings. The van der Waals surface area contributed by atoms with Gasteiger partial charge in [-0.3, -0.25) is 9.55 Å². The summed E-state index contributed by atoms with van der Waals surface area (Å²) in [4.78, 5) is 25.1. The number of nitrogens with zero attached hydrogens (tertiary/aromatic N) is 3. The molecule has 0 saturated heterocycles. The predicted molar refractivity (Wildman–Crippen MR) is 53.5 cm³/mol. The number of rotatable bonds is 2. The highest BCUT2D eigenvalue weighted by molar-refractivity contribution is 5.08. The van der Waals surface area contributed by atoms with Crippen molar-refractivity contribution in [3.05, 3.63) is 33.4 Å². The average molecular weight is 226 g/mol. The Morgan fingerprint density at radius 2 is 1.94 bits per heavy atom. The second-order valence-corrected chi connectivity index (χ2v) is 3.15. The fraction of sp³-hybridized carbons (Fsp3) is 0.250. The van der Waals surface area contributed by atoms with E-state index in [0.29, 0.717) is 0 Å². The second kappa shape index (κ2) is 3.33. The normalized spacial score (nSPS) is 10.8. The molecule has 0 spiro atoms. The van der Waals surface area contributed by atoms with Gasteiger partial charge in [-0.25, -0.2) is 9.59 Å². The summed E-state index contributed by atoms with van der Waals surface area (Å²) in [5.41, 5.74) is -1.24. The lowest BCUT2D eigenvalue weighted by Crippen LogP contribution is -2.33. The van der Waals surface area contributed by atoms with Crippen LogP contribution in [0.25, 0.3) is 0 Å². The molecule has 0 aliphatic carbocycles. The third-order valence-corrected chi connectivity index (χ3v) is 2.18. The lowest BCUT2D eigenvalue weighted by atomic mass is 10.7. The Morgan fingerprint density at radius 1 is 1.25 bits per heavy atom. The molecule has 0 radical (unpaired) electrons. The first kappa shape index (κ1) is 10.1. The lowest BCUT2D eigenvalue weighted by Gasteiger charge is -1.98. The molecule has 2 rings (SSSR count). The van der Waals surface area contributed by atoms with Gasteiger partial charge in [0.1, 0.15) is 0 Å². The summed E-state index contributed by atoms with van der Waals surface area (Å²) < 4.78 is 2.84. The van der Waals surface area contributed by atoms with Gasteiger partial charge in [0.05, 0.1) is 12.4 Å². The number of imidazole rings is 2. The average Bonchev–Trinajstić information content (AvgIpc) is 2.67. The van der Waals surface area contributed by atoms with Gasteiger partial charge >= 0.3 is 11.4 Å². The minimum atomic E-state index is -0.673. The number of hydrogen-bond acceptors (Lipinski definition) is 4. The highest BCUT2D eigenvalue weighted by Gasteiger charge is 2.12. The zero-order valence-corrected chi connectivity index (χ0v) is 8.41. The summed E-state index contributed by atoms with van der Waals surface area (Å²) in [5, 5.41) is 18.5. The molecule has 2 heterocycles. The number of nitrogens with one attached hydrogen (secondary N) is 1. The van der Waals surface area contributed by atoms with E-state index in [1.807, 2.05) is 0 Å². The van der Waals surface area contributed by atoms with Crippen LogP contribution in [0.4, 0.5) is 0 Å². The van der Waals surface area contributed by atoms with Crippen LogP contribution >= 0.6 is 0 Å². The third kappa shape index (κ3) is 1.31. The van der Waals surface area contributed by atoms with Crippen molar-refractivity contribution in [1.82, 2.24) is 18.9 Å². The van der Waals surface area contributed by atoms with E-state index in [4.69, 9.17) is 5.11 Å². The van der Waals surface area contributed by atoms with Crippen LogP contribution in [0.3, 0.4) is 0 Å². The molecule has 0 aliphatic rings. The second-order valence-electron chi connectivity index (χ2n) is 3.15. The number of aromatic hydroxyl groups is 2. The highest BCUT2D eigenvalue weighted by atomic mass is 16.3. The van der Waals surface area contributed by atoms with Crippen LogP contribution in [-0.4, -0.2) is 29.1 Å². The summed E-state index contributed by atoms with van der Waals surface area (Å²) >= 11 is 0. The molecule has 0 saturated carbocycles. The summed E-state index contributed by atoms with van der Waals surface area (Å²) in [6, 6.07) is 0. The summed E-state index contributed by atoms with van der Waals surface area (Å²) in [7, 11) is 0. The van der Waals surface area contributed by atoms with Gasteiger partial charge in [0.15, 0.2) is 0 Å². The van der Waals surface area contributed by atoms with Crippen LogP contribution in [0, 0.1) is 0 Å². The van der Waals surface area contributed by atoms with Crippen LogP contribution in [0.15, 0.2) is 22.0 Å². The maximum Gasteiger partial charge on any atom is 0.350 e. The van der Waals surface area contributed by atoms with E-state index in [0.717, 1.165) is 26.3 Å². The topological polar surface area (TPSA) is 105 Å². The summed E-state index contributed by atoms with van der Waals surface area (Å²) in [6.07, 6.45) is 2.14. The van der Waals surface area contributed by atoms with Crippen LogP contribution in [0.5, 0.6) is 11.8 Å². The number of hydrogen-bond donors (Lipinski definition) is 3. The van der Waals surface area contributed by atoms with Gasteiger partial charge in [-0.15, -0.1) is 0 Å². The Kier molecular flexibility index (Phi) is 2.11. The zero-order valence-electron chi connectivity index (χ0n) is 8.41. The molecule has 3 N–H and O–H groups in total. The minimum Gasteiger partial charge on any atom is -0.493 e. The SMILES string of the molecule is CCn1c(O)cn(-n2cc(O)[nH]c2=O)c1=O. The molecule has 2 aromatic heterocycles. The van der Waals surface area contributed by atoms with Crippen LogP contribution in [-0.2, 0) is 6.54 Å². The molecule has 8 heteroatoms. The molecule has 0 aromatic carbocycles. The fourth-order valence-corrected chi connectivity index (χ4v) is 1.44. The Hall–Kier alpha value is -2.38. The molecular formula is C8H10N4O4. The van der Waals surface area contributed by atoms with Crippen molar-refractivity contribution in [3.63, 3.8) is 0 Å². The van der Waals surface area contributed by atoms with Crippen molar-refractivity contribution in [2.75, 3.05) is 0 Å².